The van der Waals surface area contributed by atoms with Crippen LogP contribution >= 0.6 is 0 Å². The van der Waals surface area contributed by atoms with Gasteiger partial charge >= 0.3 is 5.97 Å². The van der Waals surface area contributed by atoms with E-state index in [0.717, 1.165) is 11.6 Å². The van der Waals surface area contributed by atoms with E-state index in [1.54, 1.807) is 0 Å². The number of carbonyl (C=O) groups is 1. The first-order chi connectivity index (χ1) is 8.41. The van der Waals surface area contributed by atoms with Crippen LogP contribution in [0.1, 0.15) is 24.2 Å². The molecule has 18 heavy (non-hydrogen) atoms. The molecule has 0 bridgehead atoms. The molecule has 1 aromatic rings. The Bertz CT molecular complexity index is 505. The van der Waals surface area contributed by atoms with Gasteiger partial charge in [0.25, 0.3) is 5.69 Å². The third-order valence-electron chi connectivity index (χ3n) is 2.24. The predicted molar refractivity (Wildman–Crippen MR) is 68.0 cm³/mol. The number of rotatable bonds is 5. The van der Waals surface area contributed by atoms with E-state index in [1.807, 2.05) is 19.9 Å². The van der Waals surface area contributed by atoms with Crippen LogP contribution in [0.25, 0.3) is 0 Å². The molecule has 0 heterocycles. The van der Waals surface area contributed by atoms with Crippen LogP contribution in [0.3, 0.4) is 0 Å². The van der Waals surface area contributed by atoms with E-state index in [4.69, 9.17) is 5.11 Å². The van der Waals surface area contributed by atoms with Crippen molar-refractivity contribution < 1.29 is 14.8 Å². The number of hydrogen-bond acceptors (Lipinski definition) is 4. The van der Waals surface area contributed by atoms with Crippen molar-refractivity contribution in [1.29, 1.82) is 0 Å². The van der Waals surface area contributed by atoms with Gasteiger partial charge in [0, 0.05) is 12.6 Å². The lowest BCUT2D eigenvalue weighted by Gasteiger charge is -2.05. The molecular formula is C12H14N2O4. The monoisotopic (exact) mass is 250 g/mol. The molecule has 0 unspecified atom stereocenters. The van der Waals surface area contributed by atoms with Gasteiger partial charge in [-0.3, -0.25) is 10.1 Å². The van der Waals surface area contributed by atoms with Crippen molar-refractivity contribution in [3.63, 3.8) is 0 Å². The summed E-state index contributed by atoms with van der Waals surface area (Å²) in [4.78, 5) is 21.0. The maximum absolute atomic E-state index is 10.9. The van der Waals surface area contributed by atoms with Crippen molar-refractivity contribution >= 4 is 17.3 Å². The molecule has 0 aliphatic heterocycles. The van der Waals surface area contributed by atoms with E-state index < -0.39 is 10.9 Å². The van der Waals surface area contributed by atoms with E-state index in [0.29, 0.717) is 12.2 Å². The van der Waals surface area contributed by atoms with Gasteiger partial charge in [0.1, 0.15) is 5.69 Å². The minimum Gasteiger partial charge on any atom is -0.478 e. The van der Waals surface area contributed by atoms with Crippen molar-refractivity contribution in [3.05, 3.63) is 45.5 Å². The van der Waals surface area contributed by atoms with Crippen LogP contribution < -0.4 is 5.32 Å². The number of nitrogens with zero attached hydrogens (tertiary/aromatic N) is 1. The molecule has 0 aliphatic carbocycles. The molecule has 0 aromatic heterocycles. The summed E-state index contributed by atoms with van der Waals surface area (Å²) in [6.07, 6.45) is 1.88. The molecule has 96 valence electrons. The Hall–Kier alpha value is -2.37. The summed E-state index contributed by atoms with van der Waals surface area (Å²) in [5.74, 6) is -1.19. The van der Waals surface area contributed by atoms with E-state index >= 15 is 0 Å². The zero-order valence-electron chi connectivity index (χ0n) is 10.1. The Morgan fingerprint density at radius 3 is 2.67 bits per heavy atom. The molecule has 6 heteroatoms. The lowest BCUT2D eigenvalue weighted by atomic mass is 10.1. The molecule has 0 amide bonds. The second-order valence-electron chi connectivity index (χ2n) is 3.96. The van der Waals surface area contributed by atoms with Crippen LogP contribution in [0.2, 0.25) is 0 Å². The molecule has 6 nitrogen and oxygen atoms in total. The molecular weight excluding hydrogens is 236 g/mol. The minimum atomic E-state index is -1.19. The number of anilines is 1. The van der Waals surface area contributed by atoms with Crippen LogP contribution in [0, 0.1) is 10.1 Å². The number of carboxylic acids is 1. The Morgan fingerprint density at radius 1 is 1.50 bits per heavy atom. The number of hydrogen-bond donors (Lipinski definition) is 2. The zero-order valence-corrected chi connectivity index (χ0v) is 10.1. The van der Waals surface area contributed by atoms with Crippen LogP contribution in [0.4, 0.5) is 11.4 Å². The molecule has 2 N–H and O–H groups in total. The zero-order chi connectivity index (χ0) is 13.7. The molecule has 0 saturated heterocycles. The number of nitro benzene ring substituents is 1. The highest BCUT2D eigenvalue weighted by Gasteiger charge is 2.16. The maximum Gasteiger partial charge on any atom is 0.335 e. The Kier molecular flexibility index (Phi) is 4.42. The molecule has 1 rings (SSSR count). The molecule has 0 spiro atoms. The van der Waals surface area contributed by atoms with Gasteiger partial charge in [-0.2, -0.15) is 0 Å². The fourth-order valence-electron chi connectivity index (χ4n) is 1.33. The molecule has 0 fully saturated rings. The average molecular weight is 250 g/mol. The second kappa shape index (κ2) is 5.81. The first kappa shape index (κ1) is 13.7. The fraction of sp³-hybridized carbons (Fsp3) is 0.250. The van der Waals surface area contributed by atoms with Crippen LogP contribution in [0.15, 0.2) is 29.8 Å². The van der Waals surface area contributed by atoms with Gasteiger partial charge in [0.15, 0.2) is 0 Å². The van der Waals surface area contributed by atoms with E-state index in [-0.39, 0.29) is 11.3 Å². The summed E-state index contributed by atoms with van der Waals surface area (Å²) in [6, 6.07) is 3.79. The van der Waals surface area contributed by atoms with Gasteiger partial charge in [0.05, 0.1) is 10.5 Å². The third-order valence-corrected chi connectivity index (χ3v) is 2.24. The number of carboxylic acid groups (broad SMARTS) is 1. The van der Waals surface area contributed by atoms with Crippen LogP contribution in [-0.2, 0) is 0 Å². The number of allylic oxidation sites excluding steroid dienone is 1. The number of aromatic carboxylic acids is 1. The van der Waals surface area contributed by atoms with Crippen LogP contribution in [0.5, 0.6) is 0 Å². The third kappa shape index (κ3) is 3.58. The van der Waals surface area contributed by atoms with Gasteiger partial charge < -0.3 is 10.4 Å². The summed E-state index contributed by atoms with van der Waals surface area (Å²) in [5.41, 5.74) is 1.06. The van der Waals surface area contributed by atoms with E-state index in [9.17, 15) is 14.9 Å². The molecule has 0 atom stereocenters. The Labute approximate surface area is 104 Å². The minimum absolute atomic E-state index is 0.102. The first-order valence-corrected chi connectivity index (χ1v) is 5.30. The summed E-state index contributed by atoms with van der Waals surface area (Å²) < 4.78 is 0. The van der Waals surface area contributed by atoms with Gasteiger partial charge in [-0.15, -0.1) is 0 Å². The SMILES string of the molecule is CC(C)=CCNc1ccc(C(=O)O)cc1[N+](=O)[O-]. The normalized spacial score (nSPS) is 9.67. The van der Waals surface area contributed by atoms with Crippen molar-refractivity contribution in [2.45, 2.75) is 13.8 Å². The lowest BCUT2D eigenvalue weighted by molar-refractivity contribution is -0.384. The van der Waals surface area contributed by atoms with Crippen LogP contribution in [-0.4, -0.2) is 22.5 Å². The smallest absolute Gasteiger partial charge is 0.335 e. The second-order valence-corrected chi connectivity index (χ2v) is 3.96. The topological polar surface area (TPSA) is 92.5 Å². The van der Waals surface area contributed by atoms with Crippen molar-refractivity contribution in [3.8, 4) is 0 Å². The average Bonchev–Trinajstić information content (AvgIpc) is 2.28. The highest BCUT2D eigenvalue weighted by Crippen LogP contribution is 2.25. The number of nitrogens with one attached hydrogen (secondary N) is 1. The van der Waals surface area contributed by atoms with Crippen molar-refractivity contribution in [2.75, 3.05) is 11.9 Å². The Morgan fingerprint density at radius 2 is 2.17 bits per heavy atom. The molecule has 0 saturated carbocycles. The van der Waals surface area contributed by atoms with E-state index in [1.165, 1.54) is 12.1 Å². The van der Waals surface area contributed by atoms with Crippen molar-refractivity contribution in [1.82, 2.24) is 0 Å². The predicted octanol–water partition coefficient (Wildman–Crippen LogP) is 2.67. The van der Waals surface area contributed by atoms with Gasteiger partial charge in [-0.25, -0.2) is 4.79 Å². The van der Waals surface area contributed by atoms with Crippen molar-refractivity contribution in [2.24, 2.45) is 0 Å². The van der Waals surface area contributed by atoms with Gasteiger partial charge in [-0.1, -0.05) is 11.6 Å². The van der Waals surface area contributed by atoms with E-state index in [2.05, 4.69) is 5.32 Å². The number of nitro groups is 1. The molecule has 0 radical (unpaired) electrons. The lowest BCUT2D eigenvalue weighted by Crippen LogP contribution is -2.05. The Balaban J connectivity index is 3.01. The summed E-state index contributed by atoms with van der Waals surface area (Å²) in [7, 11) is 0. The molecule has 0 aliphatic rings. The standard InChI is InChI=1S/C12H14N2O4/c1-8(2)5-6-13-10-4-3-9(12(15)16)7-11(10)14(17)18/h3-5,7,13H,6H2,1-2H3,(H,15,16). The highest BCUT2D eigenvalue weighted by atomic mass is 16.6. The summed E-state index contributed by atoms with van der Waals surface area (Å²) >= 11 is 0. The highest BCUT2D eigenvalue weighted by molar-refractivity contribution is 5.89. The van der Waals surface area contributed by atoms with Gasteiger partial charge in [-0.05, 0) is 26.0 Å². The fourth-order valence-corrected chi connectivity index (χ4v) is 1.33. The largest absolute Gasteiger partial charge is 0.478 e. The maximum atomic E-state index is 10.9. The quantitative estimate of drug-likeness (QED) is 0.476. The summed E-state index contributed by atoms with van der Waals surface area (Å²) in [5, 5.41) is 22.5. The summed E-state index contributed by atoms with van der Waals surface area (Å²) in [6.45, 7) is 4.29. The number of benzene rings is 1. The molecule has 1 aromatic carbocycles. The first-order valence-electron chi connectivity index (χ1n) is 5.30. The van der Waals surface area contributed by atoms with Gasteiger partial charge in [0.2, 0.25) is 0 Å².